The first-order chi connectivity index (χ1) is 17.5. The maximum atomic E-state index is 12.7. The van der Waals surface area contributed by atoms with E-state index >= 15 is 0 Å². The number of rotatable bonds is 7. The molecule has 0 saturated carbocycles. The molecule has 4 aromatic rings. The van der Waals surface area contributed by atoms with Crippen molar-refractivity contribution in [1.29, 1.82) is 0 Å². The van der Waals surface area contributed by atoms with Crippen molar-refractivity contribution in [3.63, 3.8) is 0 Å². The number of carbonyl (C=O) groups excluding carboxylic acids is 1. The molecule has 3 heterocycles. The van der Waals surface area contributed by atoms with Gasteiger partial charge >= 0.3 is 0 Å². The normalized spacial score (nSPS) is 15.9. The van der Waals surface area contributed by atoms with Crippen molar-refractivity contribution in [2.24, 2.45) is 0 Å². The van der Waals surface area contributed by atoms with Crippen molar-refractivity contribution in [3.8, 4) is 22.6 Å². The Balaban J connectivity index is 1.40. The third-order valence-corrected chi connectivity index (χ3v) is 6.38. The molecule has 1 atom stereocenters. The van der Waals surface area contributed by atoms with Gasteiger partial charge in [0.1, 0.15) is 29.3 Å². The summed E-state index contributed by atoms with van der Waals surface area (Å²) < 4.78 is 8.09. The first kappa shape index (κ1) is 23.6. The lowest BCUT2D eigenvalue weighted by Crippen LogP contribution is -2.27. The van der Waals surface area contributed by atoms with Crippen molar-refractivity contribution >= 4 is 22.8 Å². The number of carbonyl (C=O) groups is 1. The lowest BCUT2D eigenvalue weighted by molar-refractivity contribution is -0.125. The molecule has 5 rings (SSSR count). The summed E-state index contributed by atoms with van der Waals surface area (Å²) in [5.74, 6) is 2.02. The number of amides is 1. The molecule has 184 valence electrons. The lowest BCUT2D eigenvalue weighted by atomic mass is 10.1. The summed E-state index contributed by atoms with van der Waals surface area (Å²) in [7, 11) is 3.96. The molecule has 2 N–H and O–H groups in total. The molecular weight excluding hydrogens is 452 g/mol. The lowest BCUT2D eigenvalue weighted by Gasteiger charge is -2.16. The Morgan fingerprint density at radius 3 is 2.61 bits per heavy atom. The summed E-state index contributed by atoms with van der Waals surface area (Å²) in [6, 6.07) is 17.7. The predicted octanol–water partition coefficient (Wildman–Crippen LogP) is 4.36. The van der Waals surface area contributed by atoms with Crippen molar-refractivity contribution in [2.75, 3.05) is 39.5 Å². The fourth-order valence-electron chi connectivity index (χ4n) is 4.57. The summed E-state index contributed by atoms with van der Waals surface area (Å²) >= 11 is 0. The van der Waals surface area contributed by atoms with Crippen LogP contribution in [0.5, 0.6) is 11.5 Å². The van der Waals surface area contributed by atoms with Gasteiger partial charge in [-0.2, -0.15) is 0 Å². The minimum absolute atomic E-state index is 0.0409. The molecule has 2 aromatic heterocycles. The van der Waals surface area contributed by atoms with Crippen LogP contribution in [0.2, 0.25) is 0 Å². The van der Waals surface area contributed by atoms with Crippen LogP contribution < -0.4 is 10.5 Å². The van der Waals surface area contributed by atoms with E-state index < -0.39 is 0 Å². The fourth-order valence-corrected chi connectivity index (χ4v) is 4.57. The van der Waals surface area contributed by atoms with Crippen LogP contribution in [0.15, 0.2) is 79.3 Å². The Hall–Kier alpha value is -4.17. The highest BCUT2D eigenvalue weighted by atomic mass is 16.5. The number of likely N-dealkylation sites (N-methyl/N-ethyl adjacent to an activating group) is 1. The van der Waals surface area contributed by atoms with Gasteiger partial charge in [-0.1, -0.05) is 36.4 Å². The van der Waals surface area contributed by atoms with E-state index in [4.69, 9.17) is 10.5 Å². The highest BCUT2D eigenvalue weighted by Gasteiger charge is 2.29. The Labute approximate surface area is 210 Å². The number of hydrogen-bond donors (Lipinski definition) is 1. The Kier molecular flexibility index (Phi) is 6.69. The van der Waals surface area contributed by atoms with Gasteiger partial charge in [-0.3, -0.25) is 4.79 Å². The van der Waals surface area contributed by atoms with Gasteiger partial charge in [-0.25, -0.2) is 9.97 Å². The van der Waals surface area contributed by atoms with E-state index in [1.807, 2.05) is 84.6 Å². The van der Waals surface area contributed by atoms with Crippen molar-refractivity contribution in [3.05, 3.63) is 79.3 Å². The van der Waals surface area contributed by atoms with Crippen LogP contribution in [-0.4, -0.2) is 64.0 Å². The zero-order valence-corrected chi connectivity index (χ0v) is 20.5. The number of ether oxygens (including phenoxy) is 1. The minimum Gasteiger partial charge on any atom is -0.457 e. The highest BCUT2D eigenvalue weighted by molar-refractivity contribution is 6.00. The SMILES string of the molecule is CN(C)C/C=C/C(=O)N1CCC(n2cc(-c3ccc(Oc4ccccc4)cc3)c3c(N)ncnc32)C1. The van der Waals surface area contributed by atoms with E-state index in [-0.39, 0.29) is 11.9 Å². The number of benzene rings is 2. The van der Waals surface area contributed by atoms with Crippen LogP contribution in [0.3, 0.4) is 0 Å². The molecule has 1 aliphatic rings. The fraction of sp³-hybridized carbons (Fsp3) is 0.250. The molecule has 0 radical (unpaired) electrons. The number of nitrogens with zero attached hydrogens (tertiary/aromatic N) is 5. The first-order valence-electron chi connectivity index (χ1n) is 12.0. The average molecular weight is 483 g/mol. The molecule has 1 unspecified atom stereocenters. The standard InChI is InChI=1S/C28H30N6O2/c1-32(2)15-6-9-25(35)33-16-14-21(17-33)34-18-24(26-27(29)30-19-31-28(26)34)20-10-12-23(13-11-20)36-22-7-4-3-5-8-22/h3-13,18-19,21H,14-17H2,1-2H3,(H2,29,30,31)/b9-6+. The van der Waals surface area contributed by atoms with E-state index in [2.05, 4.69) is 20.7 Å². The van der Waals surface area contributed by atoms with Crippen LogP contribution >= 0.6 is 0 Å². The van der Waals surface area contributed by atoms with Crippen LogP contribution in [0.4, 0.5) is 5.82 Å². The molecule has 1 fully saturated rings. The molecule has 1 amide bonds. The summed E-state index contributed by atoms with van der Waals surface area (Å²) in [4.78, 5) is 25.4. The zero-order valence-electron chi connectivity index (χ0n) is 20.5. The van der Waals surface area contributed by atoms with Gasteiger partial charge in [0.15, 0.2) is 0 Å². The average Bonchev–Trinajstić information content (AvgIpc) is 3.51. The number of likely N-dealkylation sites (tertiary alicyclic amines) is 1. The second kappa shape index (κ2) is 10.2. The summed E-state index contributed by atoms with van der Waals surface area (Å²) in [5, 5.41) is 0.824. The third kappa shape index (κ3) is 4.94. The third-order valence-electron chi connectivity index (χ3n) is 6.38. The number of hydrogen-bond acceptors (Lipinski definition) is 6. The zero-order chi connectivity index (χ0) is 25.1. The van der Waals surface area contributed by atoms with Crippen LogP contribution in [-0.2, 0) is 4.79 Å². The second-order valence-electron chi connectivity index (χ2n) is 9.24. The smallest absolute Gasteiger partial charge is 0.246 e. The number of anilines is 1. The molecule has 36 heavy (non-hydrogen) atoms. The molecule has 0 aliphatic carbocycles. The number of fused-ring (bicyclic) bond motifs is 1. The van der Waals surface area contributed by atoms with Crippen molar-refractivity contribution < 1.29 is 9.53 Å². The van der Waals surface area contributed by atoms with E-state index in [1.165, 1.54) is 6.33 Å². The van der Waals surface area contributed by atoms with Gasteiger partial charge in [-0.15, -0.1) is 0 Å². The van der Waals surface area contributed by atoms with Gasteiger partial charge < -0.3 is 24.8 Å². The van der Waals surface area contributed by atoms with Crippen LogP contribution in [0.25, 0.3) is 22.2 Å². The van der Waals surface area contributed by atoms with E-state index in [0.717, 1.165) is 46.6 Å². The number of nitrogen functional groups attached to an aromatic ring is 1. The van der Waals surface area contributed by atoms with Crippen LogP contribution in [0.1, 0.15) is 12.5 Å². The van der Waals surface area contributed by atoms with Crippen LogP contribution in [0, 0.1) is 0 Å². The number of para-hydroxylation sites is 1. The Morgan fingerprint density at radius 1 is 1.11 bits per heavy atom. The molecule has 2 aromatic carbocycles. The molecule has 1 aliphatic heterocycles. The van der Waals surface area contributed by atoms with Crippen molar-refractivity contribution in [1.82, 2.24) is 24.3 Å². The molecule has 0 bridgehead atoms. The van der Waals surface area contributed by atoms with E-state index in [9.17, 15) is 4.79 Å². The predicted molar refractivity (Wildman–Crippen MR) is 142 cm³/mol. The number of nitrogens with two attached hydrogens (primary N) is 1. The van der Waals surface area contributed by atoms with Gasteiger partial charge in [-0.05, 0) is 50.3 Å². The largest absolute Gasteiger partial charge is 0.457 e. The maximum absolute atomic E-state index is 12.7. The molecule has 8 nitrogen and oxygen atoms in total. The monoisotopic (exact) mass is 482 g/mol. The quantitative estimate of drug-likeness (QED) is 0.394. The topological polar surface area (TPSA) is 89.5 Å². The summed E-state index contributed by atoms with van der Waals surface area (Å²) in [6.07, 6.45) is 8.00. The molecular formula is C28H30N6O2. The minimum atomic E-state index is 0.0409. The second-order valence-corrected chi connectivity index (χ2v) is 9.24. The Bertz CT molecular complexity index is 1380. The number of aromatic nitrogens is 3. The summed E-state index contributed by atoms with van der Waals surface area (Å²) in [5.41, 5.74) is 9.07. The molecule has 0 spiro atoms. The van der Waals surface area contributed by atoms with Gasteiger partial charge in [0.05, 0.1) is 11.4 Å². The summed E-state index contributed by atoms with van der Waals surface area (Å²) in [6.45, 7) is 2.07. The van der Waals surface area contributed by atoms with Gasteiger partial charge in [0.25, 0.3) is 0 Å². The van der Waals surface area contributed by atoms with Gasteiger partial charge in [0.2, 0.25) is 5.91 Å². The van der Waals surface area contributed by atoms with E-state index in [1.54, 1.807) is 6.08 Å². The molecule has 8 heteroatoms. The first-order valence-corrected chi connectivity index (χ1v) is 12.0. The van der Waals surface area contributed by atoms with Gasteiger partial charge in [0, 0.05) is 37.5 Å². The molecule has 1 saturated heterocycles. The van der Waals surface area contributed by atoms with E-state index in [0.29, 0.717) is 18.9 Å². The maximum Gasteiger partial charge on any atom is 0.246 e. The Morgan fingerprint density at radius 2 is 1.86 bits per heavy atom. The van der Waals surface area contributed by atoms with Crippen molar-refractivity contribution in [2.45, 2.75) is 12.5 Å². The highest BCUT2D eigenvalue weighted by Crippen LogP contribution is 2.37.